The summed E-state index contributed by atoms with van der Waals surface area (Å²) in [6, 6.07) is 16.6. The van der Waals surface area contributed by atoms with Gasteiger partial charge in [0.25, 0.3) is 0 Å². The van der Waals surface area contributed by atoms with E-state index < -0.39 is 10.0 Å². The Bertz CT molecular complexity index is 667. The van der Waals surface area contributed by atoms with Gasteiger partial charge in [0.15, 0.2) is 0 Å². The molecule has 112 valence electrons. The molecule has 0 aliphatic heterocycles. The Morgan fingerprint density at radius 3 is 2.24 bits per heavy atom. The molecule has 0 saturated heterocycles. The summed E-state index contributed by atoms with van der Waals surface area (Å²) in [5.41, 5.74) is 8.25. The maximum absolute atomic E-state index is 11.9. The summed E-state index contributed by atoms with van der Waals surface area (Å²) >= 11 is 0. The van der Waals surface area contributed by atoms with E-state index in [0.29, 0.717) is 13.0 Å². The van der Waals surface area contributed by atoms with Crippen LogP contribution in [0.3, 0.4) is 0 Å². The number of nitrogens with one attached hydrogen (secondary N) is 1. The van der Waals surface area contributed by atoms with Crippen molar-refractivity contribution in [1.82, 2.24) is 4.72 Å². The molecule has 0 amide bonds. The van der Waals surface area contributed by atoms with Gasteiger partial charge >= 0.3 is 0 Å². The lowest BCUT2D eigenvalue weighted by Gasteiger charge is -2.12. The summed E-state index contributed by atoms with van der Waals surface area (Å²) in [6.07, 6.45) is 0.672. The van der Waals surface area contributed by atoms with E-state index in [4.69, 9.17) is 5.73 Å². The molecule has 2 rings (SSSR count). The predicted octanol–water partition coefficient (Wildman–Crippen LogP) is 2.23. The first-order valence-corrected chi connectivity index (χ1v) is 8.40. The maximum Gasteiger partial charge on any atom is 0.240 e. The summed E-state index contributed by atoms with van der Waals surface area (Å²) in [5.74, 6) is 0. The Balaban J connectivity index is 2.10. The molecule has 5 heteroatoms. The number of sulfonamides is 1. The second kappa shape index (κ2) is 6.85. The highest BCUT2D eigenvalue weighted by molar-refractivity contribution is 7.89. The number of hydrogen-bond acceptors (Lipinski definition) is 3. The van der Waals surface area contributed by atoms with Crippen LogP contribution in [-0.4, -0.2) is 15.0 Å². The van der Waals surface area contributed by atoms with E-state index >= 15 is 0 Å². The highest BCUT2D eigenvalue weighted by atomic mass is 32.2. The summed E-state index contributed by atoms with van der Waals surface area (Å²) in [5, 5.41) is 0. The highest BCUT2D eigenvalue weighted by Crippen LogP contribution is 2.17. The SMILES string of the molecule is CCNS(=O)(=O)c1ccc(CC(N)c2ccccc2)cc1. The summed E-state index contributed by atoms with van der Waals surface area (Å²) in [6.45, 7) is 2.13. The van der Waals surface area contributed by atoms with Crippen LogP contribution in [0, 0.1) is 0 Å². The fourth-order valence-corrected chi connectivity index (χ4v) is 3.19. The monoisotopic (exact) mass is 304 g/mol. The lowest BCUT2D eigenvalue weighted by atomic mass is 10.00. The van der Waals surface area contributed by atoms with Crippen molar-refractivity contribution in [2.24, 2.45) is 5.73 Å². The first-order valence-electron chi connectivity index (χ1n) is 6.92. The minimum absolute atomic E-state index is 0.0950. The van der Waals surface area contributed by atoms with Crippen molar-refractivity contribution in [2.75, 3.05) is 6.54 Å². The topological polar surface area (TPSA) is 72.2 Å². The quantitative estimate of drug-likeness (QED) is 0.859. The Hall–Kier alpha value is -1.69. The molecule has 0 radical (unpaired) electrons. The molecule has 0 aliphatic rings. The van der Waals surface area contributed by atoms with Crippen LogP contribution in [-0.2, 0) is 16.4 Å². The van der Waals surface area contributed by atoms with E-state index in [0.717, 1.165) is 11.1 Å². The van der Waals surface area contributed by atoms with Gasteiger partial charge in [-0.3, -0.25) is 0 Å². The predicted molar refractivity (Wildman–Crippen MR) is 84.4 cm³/mol. The Morgan fingerprint density at radius 2 is 1.67 bits per heavy atom. The van der Waals surface area contributed by atoms with Gasteiger partial charge in [-0.25, -0.2) is 13.1 Å². The van der Waals surface area contributed by atoms with E-state index in [2.05, 4.69) is 4.72 Å². The zero-order valence-electron chi connectivity index (χ0n) is 12.0. The van der Waals surface area contributed by atoms with Crippen LogP contribution in [0.4, 0.5) is 0 Å². The Kier molecular flexibility index (Phi) is 5.12. The van der Waals surface area contributed by atoms with Gasteiger partial charge in [0.2, 0.25) is 10.0 Å². The van der Waals surface area contributed by atoms with E-state index in [1.165, 1.54) is 0 Å². The summed E-state index contributed by atoms with van der Waals surface area (Å²) < 4.78 is 26.2. The van der Waals surface area contributed by atoms with Crippen LogP contribution in [0.5, 0.6) is 0 Å². The summed E-state index contributed by atoms with van der Waals surface area (Å²) in [4.78, 5) is 0.279. The van der Waals surface area contributed by atoms with Gasteiger partial charge in [0.05, 0.1) is 4.90 Å². The number of benzene rings is 2. The molecular weight excluding hydrogens is 284 g/mol. The molecular formula is C16H20N2O2S. The average Bonchev–Trinajstić information content (AvgIpc) is 2.48. The maximum atomic E-state index is 11.9. The molecule has 4 nitrogen and oxygen atoms in total. The summed E-state index contributed by atoms with van der Waals surface area (Å²) in [7, 11) is -3.39. The van der Waals surface area contributed by atoms with Crippen molar-refractivity contribution >= 4 is 10.0 Å². The van der Waals surface area contributed by atoms with Crippen LogP contribution >= 0.6 is 0 Å². The van der Waals surface area contributed by atoms with Crippen molar-refractivity contribution in [3.8, 4) is 0 Å². The molecule has 1 unspecified atom stereocenters. The lowest BCUT2D eigenvalue weighted by molar-refractivity contribution is 0.584. The molecule has 3 N–H and O–H groups in total. The van der Waals surface area contributed by atoms with Crippen LogP contribution in [0.1, 0.15) is 24.1 Å². The molecule has 0 fully saturated rings. The zero-order valence-corrected chi connectivity index (χ0v) is 12.8. The lowest BCUT2D eigenvalue weighted by Crippen LogP contribution is -2.23. The molecule has 0 aliphatic carbocycles. The van der Waals surface area contributed by atoms with Gasteiger partial charge in [-0.2, -0.15) is 0 Å². The number of hydrogen-bond donors (Lipinski definition) is 2. The van der Waals surface area contributed by atoms with E-state index in [-0.39, 0.29) is 10.9 Å². The first-order chi connectivity index (χ1) is 10.0. The molecule has 0 heterocycles. The van der Waals surface area contributed by atoms with Gasteiger partial charge in [0.1, 0.15) is 0 Å². The second-order valence-corrected chi connectivity index (χ2v) is 6.63. The van der Waals surface area contributed by atoms with Crippen molar-refractivity contribution in [1.29, 1.82) is 0 Å². The van der Waals surface area contributed by atoms with Crippen molar-refractivity contribution in [2.45, 2.75) is 24.3 Å². The molecule has 2 aromatic carbocycles. The third-order valence-corrected chi connectivity index (χ3v) is 4.81. The molecule has 0 aromatic heterocycles. The van der Waals surface area contributed by atoms with E-state index in [9.17, 15) is 8.42 Å². The van der Waals surface area contributed by atoms with Gasteiger partial charge in [-0.15, -0.1) is 0 Å². The Labute approximate surface area is 126 Å². The minimum Gasteiger partial charge on any atom is -0.324 e. The van der Waals surface area contributed by atoms with Crippen LogP contribution in [0.25, 0.3) is 0 Å². The van der Waals surface area contributed by atoms with Gasteiger partial charge in [-0.1, -0.05) is 49.4 Å². The van der Waals surface area contributed by atoms with Crippen molar-refractivity contribution in [3.63, 3.8) is 0 Å². The van der Waals surface area contributed by atoms with Gasteiger partial charge in [0, 0.05) is 12.6 Å². The number of rotatable bonds is 6. The zero-order chi connectivity index (χ0) is 15.3. The van der Waals surface area contributed by atoms with Crippen LogP contribution < -0.4 is 10.5 Å². The second-order valence-electron chi connectivity index (χ2n) is 4.87. The fraction of sp³-hybridized carbons (Fsp3) is 0.250. The highest BCUT2D eigenvalue weighted by Gasteiger charge is 2.13. The molecule has 1 atom stereocenters. The smallest absolute Gasteiger partial charge is 0.240 e. The minimum atomic E-state index is -3.39. The first kappa shape index (κ1) is 15.7. The van der Waals surface area contributed by atoms with Gasteiger partial charge in [-0.05, 0) is 29.7 Å². The van der Waals surface area contributed by atoms with Crippen molar-refractivity contribution < 1.29 is 8.42 Å². The number of nitrogens with two attached hydrogens (primary N) is 1. The third-order valence-electron chi connectivity index (χ3n) is 3.25. The molecule has 2 aromatic rings. The van der Waals surface area contributed by atoms with Gasteiger partial charge < -0.3 is 5.73 Å². The normalized spacial score (nSPS) is 13.0. The standard InChI is InChI=1S/C16H20N2O2S/c1-2-18-21(19,20)15-10-8-13(9-11-15)12-16(17)14-6-4-3-5-7-14/h3-11,16,18H,2,12,17H2,1H3. The molecule has 0 saturated carbocycles. The Morgan fingerprint density at radius 1 is 1.05 bits per heavy atom. The van der Waals surface area contributed by atoms with E-state index in [1.54, 1.807) is 19.1 Å². The third kappa shape index (κ3) is 4.14. The van der Waals surface area contributed by atoms with Crippen molar-refractivity contribution in [3.05, 3.63) is 65.7 Å². The molecule has 0 spiro atoms. The molecule has 21 heavy (non-hydrogen) atoms. The fourth-order valence-electron chi connectivity index (χ4n) is 2.15. The molecule has 0 bridgehead atoms. The average molecular weight is 304 g/mol. The van der Waals surface area contributed by atoms with Crippen LogP contribution in [0.2, 0.25) is 0 Å². The van der Waals surface area contributed by atoms with E-state index in [1.807, 2.05) is 42.5 Å². The largest absolute Gasteiger partial charge is 0.324 e. The van der Waals surface area contributed by atoms with Crippen LogP contribution in [0.15, 0.2) is 59.5 Å².